The fourth-order valence-corrected chi connectivity index (χ4v) is 4.97. The molecule has 2 aliphatic heterocycles. The Labute approximate surface area is 123 Å². The van der Waals surface area contributed by atoms with Crippen LogP contribution in [0, 0.1) is 0 Å². The quantitative estimate of drug-likeness (QED) is 0.794. The first-order valence-corrected chi connectivity index (χ1v) is 8.12. The molecule has 2 aliphatic rings. The highest BCUT2D eigenvalue weighted by molar-refractivity contribution is 7.86. The van der Waals surface area contributed by atoms with Crippen molar-refractivity contribution in [2.24, 2.45) is 0 Å². The topological polar surface area (TPSA) is 26.3 Å². The molecule has 1 saturated heterocycles. The summed E-state index contributed by atoms with van der Waals surface area (Å²) in [6.45, 7) is 0. The molecule has 0 aliphatic carbocycles. The van der Waals surface area contributed by atoms with Gasteiger partial charge in [-0.1, -0.05) is 23.8 Å². The van der Waals surface area contributed by atoms with Crippen LogP contribution in [0.2, 0.25) is 0 Å². The Bertz CT molecular complexity index is 595. The first kappa shape index (κ1) is 14.6. The van der Waals surface area contributed by atoms with Gasteiger partial charge in [-0.05, 0) is 43.4 Å². The van der Waals surface area contributed by atoms with Crippen molar-refractivity contribution >= 4 is 10.8 Å². The van der Waals surface area contributed by atoms with Gasteiger partial charge in [-0.2, -0.15) is 0 Å². The van der Waals surface area contributed by atoms with Crippen molar-refractivity contribution in [3.05, 3.63) is 41.5 Å². The van der Waals surface area contributed by atoms with E-state index in [2.05, 4.69) is 10.8 Å². The van der Waals surface area contributed by atoms with Crippen LogP contribution in [0.5, 0.6) is 5.75 Å². The van der Waals surface area contributed by atoms with E-state index < -0.39 is 17.2 Å². The molecular formula is C15H15F3O2S. The second-order valence-electron chi connectivity index (χ2n) is 5.47. The molecule has 0 N–H and O–H groups in total. The molecule has 3 atom stereocenters. The summed E-state index contributed by atoms with van der Waals surface area (Å²) in [6.07, 6.45) is 0.703. The Morgan fingerprint density at radius 1 is 1.29 bits per heavy atom. The Morgan fingerprint density at radius 3 is 2.81 bits per heavy atom. The Hall–Kier alpha value is -1.30. The van der Waals surface area contributed by atoms with Gasteiger partial charge in [0.2, 0.25) is 0 Å². The summed E-state index contributed by atoms with van der Waals surface area (Å²) in [4.78, 5) is 0. The third-order valence-electron chi connectivity index (χ3n) is 3.87. The Balaban J connectivity index is 1.73. The average molecular weight is 316 g/mol. The van der Waals surface area contributed by atoms with Gasteiger partial charge in [0.25, 0.3) is 0 Å². The molecule has 0 amide bonds. The summed E-state index contributed by atoms with van der Waals surface area (Å²) in [5.74, 6) is -0.192. The normalized spacial score (nSPS) is 28.3. The zero-order chi connectivity index (χ0) is 15.0. The maximum Gasteiger partial charge on any atom is 0.573 e. The Morgan fingerprint density at radius 2 is 2.10 bits per heavy atom. The van der Waals surface area contributed by atoms with Crippen LogP contribution in [0.3, 0.4) is 0 Å². The fraction of sp³-hybridized carbons (Fsp3) is 0.467. The monoisotopic (exact) mass is 316 g/mol. The number of fused-ring (bicyclic) bond motifs is 2. The van der Waals surface area contributed by atoms with Crippen molar-refractivity contribution in [3.63, 3.8) is 0 Å². The van der Waals surface area contributed by atoms with Gasteiger partial charge in [-0.3, -0.25) is 4.21 Å². The van der Waals surface area contributed by atoms with E-state index in [1.54, 1.807) is 12.1 Å². The molecule has 0 radical (unpaired) electrons. The van der Waals surface area contributed by atoms with Crippen molar-refractivity contribution in [2.75, 3.05) is 0 Å². The highest BCUT2D eigenvalue weighted by Crippen LogP contribution is 2.36. The standard InChI is InChI=1S/C15H15F3O2S/c16-15(17,18)20-12-3-1-2-10(7-12)6-11-8-13-4-5-14(9-11)21(13)19/h1-3,7-8,13-14H,4-6,9H2. The van der Waals surface area contributed by atoms with E-state index in [-0.39, 0.29) is 16.2 Å². The Kier molecular flexibility index (Phi) is 3.82. The molecule has 3 rings (SSSR count). The molecular weight excluding hydrogens is 301 g/mol. The number of benzene rings is 1. The van der Waals surface area contributed by atoms with Crippen LogP contribution in [0.1, 0.15) is 24.8 Å². The van der Waals surface area contributed by atoms with Crippen LogP contribution in [-0.4, -0.2) is 21.1 Å². The van der Waals surface area contributed by atoms with Gasteiger partial charge >= 0.3 is 6.36 Å². The van der Waals surface area contributed by atoms with Crippen LogP contribution in [0.25, 0.3) is 0 Å². The van der Waals surface area contributed by atoms with E-state index in [4.69, 9.17) is 0 Å². The predicted molar refractivity (Wildman–Crippen MR) is 74.5 cm³/mol. The summed E-state index contributed by atoms with van der Waals surface area (Å²) in [7, 11) is -0.765. The summed E-state index contributed by atoms with van der Waals surface area (Å²) in [6, 6.07) is 6.07. The highest BCUT2D eigenvalue weighted by Gasteiger charge is 2.36. The summed E-state index contributed by atoms with van der Waals surface area (Å²) >= 11 is 0. The van der Waals surface area contributed by atoms with Gasteiger partial charge < -0.3 is 4.74 Å². The zero-order valence-electron chi connectivity index (χ0n) is 11.2. The second-order valence-corrected chi connectivity index (χ2v) is 7.40. The van der Waals surface area contributed by atoms with Gasteiger partial charge in [0.15, 0.2) is 0 Å². The zero-order valence-corrected chi connectivity index (χ0v) is 12.0. The third-order valence-corrected chi connectivity index (χ3v) is 5.90. The minimum absolute atomic E-state index is 0.133. The molecule has 21 heavy (non-hydrogen) atoms. The first-order chi connectivity index (χ1) is 9.90. The average Bonchev–Trinajstić information content (AvgIpc) is 2.60. The van der Waals surface area contributed by atoms with Crippen LogP contribution in [0.4, 0.5) is 13.2 Å². The minimum Gasteiger partial charge on any atom is -0.406 e. The smallest absolute Gasteiger partial charge is 0.406 e. The summed E-state index contributed by atoms with van der Waals surface area (Å²) in [5.41, 5.74) is 1.96. The second kappa shape index (κ2) is 5.48. The number of rotatable bonds is 3. The van der Waals surface area contributed by atoms with Gasteiger partial charge in [0.1, 0.15) is 5.75 Å². The lowest BCUT2D eigenvalue weighted by Gasteiger charge is -2.19. The van der Waals surface area contributed by atoms with Gasteiger partial charge in [-0.25, -0.2) is 0 Å². The van der Waals surface area contributed by atoms with Crippen molar-refractivity contribution in [2.45, 2.75) is 42.5 Å². The molecule has 0 saturated carbocycles. The summed E-state index contributed by atoms with van der Waals surface area (Å²) < 4.78 is 52.5. The molecule has 6 heteroatoms. The van der Waals surface area contributed by atoms with E-state index in [0.29, 0.717) is 6.42 Å². The lowest BCUT2D eigenvalue weighted by atomic mass is 10.0. The molecule has 0 aromatic heterocycles. The van der Waals surface area contributed by atoms with Crippen LogP contribution in [0.15, 0.2) is 35.9 Å². The van der Waals surface area contributed by atoms with E-state index in [9.17, 15) is 17.4 Å². The van der Waals surface area contributed by atoms with Crippen LogP contribution >= 0.6 is 0 Å². The van der Waals surface area contributed by atoms with Gasteiger partial charge in [-0.15, -0.1) is 13.2 Å². The lowest BCUT2D eigenvalue weighted by molar-refractivity contribution is -0.274. The van der Waals surface area contributed by atoms with E-state index in [1.807, 2.05) is 0 Å². The predicted octanol–water partition coefficient (Wildman–Crippen LogP) is 3.74. The van der Waals surface area contributed by atoms with Gasteiger partial charge in [0.05, 0.1) is 5.25 Å². The van der Waals surface area contributed by atoms with E-state index in [1.165, 1.54) is 17.7 Å². The molecule has 2 nitrogen and oxygen atoms in total. The molecule has 2 heterocycles. The van der Waals surface area contributed by atoms with E-state index >= 15 is 0 Å². The van der Waals surface area contributed by atoms with Crippen LogP contribution in [-0.2, 0) is 17.2 Å². The number of hydrogen-bond acceptors (Lipinski definition) is 2. The van der Waals surface area contributed by atoms with Crippen molar-refractivity contribution in [3.8, 4) is 5.75 Å². The molecule has 114 valence electrons. The molecule has 1 aromatic rings. The number of allylic oxidation sites excluding steroid dienone is 1. The number of alkyl halides is 3. The third kappa shape index (κ3) is 3.48. The van der Waals surface area contributed by atoms with Crippen molar-refractivity contribution < 1.29 is 22.1 Å². The number of ether oxygens (including phenoxy) is 1. The molecule has 2 bridgehead atoms. The molecule has 1 fully saturated rings. The molecule has 1 aromatic carbocycles. The summed E-state index contributed by atoms with van der Waals surface area (Å²) in [5, 5.41) is 0.359. The molecule has 3 unspecified atom stereocenters. The SMILES string of the molecule is O=S1C2C=C(Cc3cccc(OC(F)(F)F)c3)CC1CC2. The lowest BCUT2D eigenvalue weighted by Crippen LogP contribution is -2.21. The maximum absolute atomic E-state index is 12.2. The maximum atomic E-state index is 12.2. The van der Waals surface area contributed by atoms with Crippen molar-refractivity contribution in [1.82, 2.24) is 0 Å². The van der Waals surface area contributed by atoms with Crippen LogP contribution < -0.4 is 4.74 Å². The minimum atomic E-state index is -4.67. The fourth-order valence-electron chi connectivity index (χ4n) is 3.03. The van der Waals surface area contributed by atoms with Crippen molar-refractivity contribution in [1.29, 1.82) is 0 Å². The van der Waals surface area contributed by atoms with E-state index in [0.717, 1.165) is 24.8 Å². The highest BCUT2D eigenvalue weighted by atomic mass is 32.2. The molecule has 0 spiro atoms. The first-order valence-electron chi connectivity index (χ1n) is 6.84. The number of hydrogen-bond donors (Lipinski definition) is 0. The number of halogens is 3. The largest absolute Gasteiger partial charge is 0.573 e. The van der Waals surface area contributed by atoms with Gasteiger partial charge in [0, 0.05) is 16.0 Å².